The van der Waals surface area contributed by atoms with E-state index in [1.165, 1.54) is 0 Å². The number of hydrogen-bond acceptors (Lipinski definition) is 4. The molecule has 0 fully saturated rings. The SMILES string of the molecule is Cc1ccc(N([C@H](C)C(=O)N[C@@H](C)COc2ccccc2C)S(C)(=O)=O)cc1Cl. The molecule has 0 heterocycles. The molecule has 0 unspecified atom stereocenters. The first-order chi connectivity index (χ1) is 13.5. The lowest BCUT2D eigenvalue weighted by atomic mass is 10.2. The van der Waals surface area contributed by atoms with Crippen molar-refractivity contribution in [2.45, 2.75) is 39.8 Å². The molecular formula is C21H27ClN2O4S. The van der Waals surface area contributed by atoms with E-state index in [9.17, 15) is 13.2 Å². The van der Waals surface area contributed by atoms with Crippen molar-refractivity contribution >= 4 is 33.2 Å². The van der Waals surface area contributed by atoms with Crippen LogP contribution in [0.4, 0.5) is 5.69 Å². The number of nitrogens with one attached hydrogen (secondary N) is 1. The number of benzene rings is 2. The van der Waals surface area contributed by atoms with E-state index in [1.54, 1.807) is 32.0 Å². The van der Waals surface area contributed by atoms with Gasteiger partial charge in [-0.1, -0.05) is 35.9 Å². The molecule has 0 spiro atoms. The highest BCUT2D eigenvalue weighted by Gasteiger charge is 2.30. The molecule has 2 rings (SSSR count). The van der Waals surface area contributed by atoms with Gasteiger partial charge in [0, 0.05) is 5.02 Å². The monoisotopic (exact) mass is 438 g/mol. The van der Waals surface area contributed by atoms with Gasteiger partial charge in [0.05, 0.1) is 18.0 Å². The van der Waals surface area contributed by atoms with Gasteiger partial charge in [-0.2, -0.15) is 0 Å². The lowest BCUT2D eigenvalue weighted by Crippen LogP contribution is -2.50. The Morgan fingerprint density at radius 2 is 1.79 bits per heavy atom. The van der Waals surface area contributed by atoms with E-state index < -0.39 is 22.0 Å². The van der Waals surface area contributed by atoms with Crippen LogP contribution in [0.2, 0.25) is 5.02 Å². The Hall–Kier alpha value is -2.25. The van der Waals surface area contributed by atoms with Crippen LogP contribution in [0.5, 0.6) is 5.75 Å². The van der Waals surface area contributed by atoms with Crippen molar-refractivity contribution < 1.29 is 17.9 Å². The average molecular weight is 439 g/mol. The number of carbonyl (C=O) groups is 1. The maximum absolute atomic E-state index is 12.7. The predicted molar refractivity (Wildman–Crippen MR) is 117 cm³/mol. The van der Waals surface area contributed by atoms with Gasteiger partial charge in [0.25, 0.3) is 0 Å². The van der Waals surface area contributed by atoms with Gasteiger partial charge in [0.1, 0.15) is 18.4 Å². The normalized spacial score (nSPS) is 13.4. The first-order valence-electron chi connectivity index (χ1n) is 9.25. The van der Waals surface area contributed by atoms with Gasteiger partial charge in [-0.3, -0.25) is 9.10 Å². The van der Waals surface area contributed by atoms with Crippen molar-refractivity contribution in [2.24, 2.45) is 0 Å². The number of ether oxygens (including phenoxy) is 1. The van der Waals surface area contributed by atoms with Gasteiger partial charge < -0.3 is 10.1 Å². The standard InChI is InChI=1S/C21H27ClN2O4S/c1-14-10-11-18(12-19(14)22)24(29(5,26)27)17(4)21(25)23-16(3)13-28-20-9-7-6-8-15(20)2/h6-12,16-17H,13H2,1-5H3,(H,23,25)/t16-,17+/m0/s1. The van der Waals surface area contributed by atoms with Crippen LogP contribution in [-0.4, -0.2) is 39.3 Å². The molecule has 0 aliphatic carbocycles. The summed E-state index contributed by atoms with van der Waals surface area (Å²) in [7, 11) is -3.71. The number of rotatable bonds is 8. The highest BCUT2D eigenvalue weighted by atomic mass is 35.5. The predicted octanol–water partition coefficient (Wildman–Crippen LogP) is 3.70. The molecule has 0 aliphatic heterocycles. The molecule has 1 N–H and O–H groups in total. The van der Waals surface area contributed by atoms with Gasteiger partial charge in [-0.25, -0.2) is 8.42 Å². The minimum Gasteiger partial charge on any atom is -0.491 e. The molecule has 1 amide bonds. The summed E-state index contributed by atoms with van der Waals surface area (Å²) in [6, 6.07) is 11.2. The van der Waals surface area contributed by atoms with Gasteiger partial charge in [0.2, 0.25) is 15.9 Å². The fourth-order valence-corrected chi connectivity index (χ4v) is 4.21. The third-order valence-electron chi connectivity index (χ3n) is 4.47. The smallest absolute Gasteiger partial charge is 0.243 e. The zero-order valence-corrected chi connectivity index (χ0v) is 18.8. The Morgan fingerprint density at radius 1 is 1.14 bits per heavy atom. The molecule has 0 bridgehead atoms. The van der Waals surface area contributed by atoms with Gasteiger partial charge in [-0.15, -0.1) is 0 Å². The fourth-order valence-electron chi connectivity index (χ4n) is 2.87. The molecule has 2 aromatic carbocycles. The van der Waals surface area contributed by atoms with Crippen LogP contribution in [-0.2, 0) is 14.8 Å². The van der Waals surface area contributed by atoms with Crippen molar-refractivity contribution in [2.75, 3.05) is 17.2 Å². The third kappa shape index (κ3) is 6.11. The van der Waals surface area contributed by atoms with Gasteiger partial charge in [-0.05, 0) is 57.0 Å². The van der Waals surface area contributed by atoms with E-state index in [-0.39, 0.29) is 12.6 Å². The Balaban J connectivity index is 2.10. The Bertz CT molecular complexity index is 978. The fraction of sp³-hybridized carbons (Fsp3) is 0.381. The zero-order chi connectivity index (χ0) is 21.8. The lowest BCUT2D eigenvalue weighted by Gasteiger charge is -2.29. The van der Waals surface area contributed by atoms with Gasteiger partial charge >= 0.3 is 0 Å². The van der Waals surface area contributed by atoms with Crippen molar-refractivity contribution in [3.8, 4) is 5.75 Å². The summed E-state index contributed by atoms with van der Waals surface area (Å²) >= 11 is 6.15. The summed E-state index contributed by atoms with van der Waals surface area (Å²) < 4.78 is 31.6. The van der Waals surface area contributed by atoms with E-state index in [1.807, 2.05) is 38.1 Å². The molecule has 0 saturated heterocycles. The summed E-state index contributed by atoms with van der Waals surface area (Å²) in [5.41, 5.74) is 2.16. The van der Waals surface area contributed by atoms with Gasteiger partial charge in [0.15, 0.2) is 0 Å². The van der Waals surface area contributed by atoms with Crippen LogP contribution in [0.25, 0.3) is 0 Å². The second-order valence-corrected chi connectivity index (χ2v) is 9.42. The second-order valence-electron chi connectivity index (χ2n) is 7.15. The highest BCUT2D eigenvalue weighted by Crippen LogP contribution is 2.26. The number of carbonyl (C=O) groups excluding carboxylic acids is 1. The van der Waals surface area contributed by atoms with Crippen molar-refractivity contribution in [1.82, 2.24) is 5.32 Å². The molecule has 0 aromatic heterocycles. The van der Waals surface area contributed by atoms with Crippen LogP contribution >= 0.6 is 11.6 Å². The molecule has 29 heavy (non-hydrogen) atoms. The maximum atomic E-state index is 12.7. The maximum Gasteiger partial charge on any atom is 0.243 e. The van der Waals surface area contributed by atoms with E-state index in [0.717, 1.165) is 27.4 Å². The van der Waals surface area contributed by atoms with Crippen molar-refractivity contribution in [3.05, 3.63) is 58.6 Å². The summed E-state index contributed by atoms with van der Waals surface area (Å²) in [6.07, 6.45) is 1.06. The first-order valence-corrected chi connectivity index (χ1v) is 11.5. The van der Waals surface area contributed by atoms with E-state index in [4.69, 9.17) is 16.3 Å². The Morgan fingerprint density at radius 3 is 2.38 bits per heavy atom. The summed E-state index contributed by atoms with van der Waals surface area (Å²) in [4.78, 5) is 12.7. The van der Waals surface area contributed by atoms with E-state index >= 15 is 0 Å². The largest absolute Gasteiger partial charge is 0.491 e. The number of hydrogen-bond donors (Lipinski definition) is 1. The first kappa shape index (κ1) is 23.0. The van der Waals surface area contributed by atoms with Crippen molar-refractivity contribution in [1.29, 1.82) is 0 Å². The Kier molecular flexibility index (Phi) is 7.54. The van der Waals surface area contributed by atoms with Crippen LogP contribution < -0.4 is 14.4 Å². The lowest BCUT2D eigenvalue weighted by molar-refractivity contribution is -0.122. The Labute approximate surface area is 177 Å². The number of sulfonamides is 1. The van der Waals surface area contributed by atoms with Crippen molar-refractivity contribution in [3.63, 3.8) is 0 Å². The van der Waals surface area contributed by atoms with Crippen LogP contribution in [0.1, 0.15) is 25.0 Å². The second kappa shape index (κ2) is 9.50. The minimum atomic E-state index is -3.71. The molecule has 6 nitrogen and oxygen atoms in total. The van der Waals surface area contributed by atoms with Crippen LogP contribution in [0, 0.1) is 13.8 Å². The molecule has 8 heteroatoms. The minimum absolute atomic E-state index is 0.262. The number of anilines is 1. The quantitative estimate of drug-likeness (QED) is 0.681. The number of aryl methyl sites for hydroxylation is 2. The molecule has 0 radical (unpaired) electrons. The third-order valence-corrected chi connectivity index (χ3v) is 6.12. The number of halogens is 1. The molecule has 2 aromatic rings. The molecule has 2 atom stereocenters. The molecule has 158 valence electrons. The summed E-state index contributed by atoms with van der Waals surface area (Å²) in [5.74, 6) is 0.321. The van der Waals surface area contributed by atoms with E-state index in [2.05, 4.69) is 5.32 Å². The average Bonchev–Trinajstić information content (AvgIpc) is 2.63. The summed E-state index contributed by atoms with van der Waals surface area (Å²) in [6.45, 7) is 7.37. The van der Waals surface area contributed by atoms with Crippen LogP contribution in [0.3, 0.4) is 0 Å². The van der Waals surface area contributed by atoms with E-state index in [0.29, 0.717) is 10.7 Å². The topological polar surface area (TPSA) is 75.7 Å². The number of amides is 1. The molecular weight excluding hydrogens is 412 g/mol. The number of para-hydroxylation sites is 1. The molecule has 0 saturated carbocycles. The number of nitrogens with zero attached hydrogens (tertiary/aromatic N) is 1. The van der Waals surface area contributed by atoms with Crippen LogP contribution in [0.15, 0.2) is 42.5 Å². The summed E-state index contributed by atoms with van der Waals surface area (Å²) in [5, 5.41) is 3.25. The zero-order valence-electron chi connectivity index (χ0n) is 17.3. The molecule has 0 aliphatic rings. The highest BCUT2D eigenvalue weighted by molar-refractivity contribution is 7.92.